The fourth-order valence-corrected chi connectivity index (χ4v) is 3.65. The summed E-state index contributed by atoms with van der Waals surface area (Å²) in [5.74, 6) is 1.06. The SMILES string of the molecule is CC1CC(N)CCC1C(=O)N1CCCC(C)(C)C1. The normalized spacial score (nSPS) is 36.4. The van der Waals surface area contributed by atoms with E-state index in [2.05, 4.69) is 25.7 Å². The number of hydrogen-bond acceptors (Lipinski definition) is 2. The van der Waals surface area contributed by atoms with E-state index in [4.69, 9.17) is 5.73 Å². The van der Waals surface area contributed by atoms with Gasteiger partial charge in [-0.3, -0.25) is 4.79 Å². The van der Waals surface area contributed by atoms with Crippen molar-refractivity contribution < 1.29 is 4.79 Å². The largest absolute Gasteiger partial charge is 0.342 e. The Labute approximate surface area is 111 Å². The van der Waals surface area contributed by atoms with E-state index in [1.807, 2.05) is 0 Å². The Kier molecular flexibility index (Phi) is 4.00. The number of piperidine rings is 1. The van der Waals surface area contributed by atoms with Gasteiger partial charge >= 0.3 is 0 Å². The molecular weight excluding hydrogens is 224 g/mol. The minimum absolute atomic E-state index is 0.221. The zero-order valence-electron chi connectivity index (χ0n) is 12.1. The van der Waals surface area contributed by atoms with E-state index in [0.29, 0.717) is 23.3 Å². The van der Waals surface area contributed by atoms with Crippen LogP contribution in [-0.2, 0) is 4.79 Å². The van der Waals surface area contributed by atoms with Crippen LogP contribution in [0.4, 0.5) is 0 Å². The molecule has 0 spiro atoms. The molecule has 104 valence electrons. The van der Waals surface area contributed by atoms with Crippen LogP contribution in [0.15, 0.2) is 0 Å². The van der Waals surface area contributed by atoms with Crippen LogP contribution in [0, 0.1) is 17.3 Å². The minimum atomic E-state index is 0.221. The molecule has 2 N–H and O–H groups in total. The smallest absolute Gasteiger partial charge is 0.225 e. The molecule has 1 heterocycles. The molecule has 1 aliphatic carbocycles. The molecule has 2 fully saturated rings. The molecule has 3 atom stereocenters. The second-order valence-electron chi connectivity index (χ2n) is 7.18. The van der Waals surface area contributed by atoms with Crippen molar-refractivity contribution >= 4 is 5.91 Å². The maximum absolute atomic E-state index is 12.6. The summed E-state index contributed by atoms with van der Waals surface area (Å²) in [6.07, 6.45) is 5.39. The van der Waals surface area contributed by atoms with Crippen molar-refractivity contribution in [2.24, 2.45) is 23.0 Å². The first-order valence-corrected chi connectivity index (χ1v) is 7.43. The Morgan fingerprint density at radius 2 is 2.06 bits per heavy atom. The van der Waals surface area contributed by atoms with Crippen LogP contribution in [0.2, 0.25) is 0 Å². The lowest BCUT2D eigenvalue weighted by Crippen LogP contribution is -2.48. The molecule has 0 radical (unpaired) electrons. The molecule has 0 bridgehead atoms. The van der Waals surface area contributed by atoms with Crippen molar-refractivity contribution in [1.82, 2.24) is 4.90 Å². The van der Waals surface area contributed by atoms with Gasteiger partial charge in [-0.25, -0.2) is 0 Å². The number of amides is 1. The van der Waals surface area contributed by atoms with Crippen LogP contribution in [0.5, 0.6) is 0 Å². The van der Waals surface area contributed by atoms with Gasteiger partial charge in [0, 0.05) is 25.0 Å². The lowest BCUT2D eigenvalue weighted by molar-refractivity contribution is -0.141. The second-order valence-corrected chi connectivity index (χ2v) is 7.18. The van der Waals surface area contributed by atoms with Gasteiger partial charge in [0.25, 0.3) is 0 Å². The van der Waals surface area contributed by atoms with Gasteiger partial charge < -0.3 is 10.6 Å². The molecular formula is C15H28N2O. The molecule has 2 rings (SSSR count). The number of nitrogens with zero attached hydrogens (tertiary/aromatic N) is 1. The number of carbonyl (C=O) groups is 1. The molecule has 1 saturated heterocycles. The average molecular weight is 252 g/mol. The van der Waals surface area contributed by atoms with Gasteiger partial charge in [-0.1, -0.05) is 20.8 Å². The van der Waals surface area contributed by atoms with Crippen LogP contribution >= 0.6 is 0 Å². The van der Waals surface area contributed by atoms with E-state index in [1.165, 1.54) is 6.42 Å². The number of hydrogen-bond donors (Lipinski definition) is 1. The highest BCUT2D eigenvalue weighted by atomic mass is 16.2. The third-order valence-corrected chi connectivity index (χ3v) is 4.74. The molecule has 0 aromatic heterocycles. The van der Waals surface area contributed by atoms with Crippen molar-refractivity contribution in [1.29, 1.82) is 0 Å². The Bertz CT molecular complexity index is 314. The quantitative estimate of drug-likeness (QED) is 0.779. The molecule has 18 heavy (non-hydrogen) atoms. The predicted octanol–water partition coefficient (Wildman–Crippen LogP) is 2.40. The van der Waals surface area contributed by atoms with Crippen LogP contribution in [-0.4, -0.2) is 29.9 Å². The van der Waals surface area contributed by atoms with Gasteiger partial charge in [0.2, 0.25) is 5.91 Å². The standard InChI is InChI=1S/C15H28N2O/c1-11-9-12(16)5-6-13(11)14(18)17-8-4-7-15(2,3)10-17/h11-13H,4-10,16H2,1-3H3. The van der Waals surface area contributed by atoms with Gasteiger partial charge in [0.05, 0.1) is 0 Å². The van der Waals surface area contributed by atoms with Crippen LogP contribution in [0.3, 0.4) is 0 Å². The molecule has 3 unspecified atom stereocenters. The molecule has 1 amide bonds. The Balaban J connectivity index is 1.98. The maximum atomic E-state index is 12.6. The highest BCUT2D eigenvalue weighted by Crippen LogP contribution is 2.34. The molecule has 3 heteroatoms. The number of rotatable bonds is 1. The number of carbonyl (C=O) groups excluding carboxylic acids is 1. The summed E-state index contributed by atoms with van der Waals surface area (Å²) in [4.78, 5) is 14.8. The second kappa shape index (κ2) is 5.20. The molecule has 1 saturated carbocycles. The number of nitrogens with two attached hydrogens (primary N) is 1. The zero-order chi connectivity index (χ0) is 13.3. The summed E-state index contributed by atoms with van der Waals surface area (Å²) >= 11 is 0. The van der Waals surface area contributed by atoms with Gasteiger partial charge in [-0.15, -0.1) is 0 Å². The zero-order valence-corrected chi connectivity index (χ0v) is 12.1. The lowest BCUT2D eigenvalue weighted by Gasteiger charge is -2.41. The predicted molar refractivity (Wildman–Crippen MR) is 74.1 cm³/mol. The lowest BCUT2D eigenvalue weighted by atomic mass is 9.76. The van der Waals surface area contributed by atoms with Crippen LogP contribution < -0.4 is 5.73 Å². The summed E-state index contributed by atoms with van der Waals surface area (Å²) < 4.78 is 0. The molecule has 2 aliphatic rings. The van der Waals surface area contributed by atoms with Gasteiger partial charge in [-0.05, 0) is 43.4 Å². The van der Waals surface area contributed by atoms with E-state index in [9.17, 15) is 4.79 Å². The summed E-state index contributed by atoms with van der Waals surface area (Å²) in [5, 5.41) is 0. The fraction of sp³-hybridized carbons (Fsp3) is 0.933. The van der Waals surface area contributed by atoms with E-state index in [-0.39, 0.29) is 5.92 Å². The van der Waals surface area contributed by atoms with Crippen molar-refractivity contribution in [3.05, 3.63) is 0 Å². The Hall–Kier alpha value is -0.570. The van der Waals surface area contributed by atoms with Crippen LogP contribution in [0.1, 0.15) is 52.9 Å². The van der Waals surface area contributed by atoms with E-state index < -0.39 is 0 Å². The summed E-state index contributed by atoms with van der Waals surface area (Å²) in [5.41, 5.74) is 6.28. The molecule has 3 nitrogen and oxygen atoms in total. The van der Waals surface area contributed by atoms with Gasteiger partial charge in [0.1, 0.15) is 0 Å². The van der Waals surface area contributed by atoms with E-state index in [0.717, 1.165) is 38.8 Å². The first-order chi connectivity index (χ1) is 8.39. The van der Waals surface area contributed by atoms with Crippen molar-refractivity contribution in [3.63, 3.8) is 0 Å². The Morgan fingerprint density at radius 1 is 1.33 bits per heavy atom. The van der Waals surface area contributed by atoms with Crippen molar-refractivity contribution in [2.75, 3.05) is 13.1 Å². The average Bonchev–Trinajstić information content (AvgIpc) is 2.27. The maximum Gasteiger partial charge on any atom is 0.225 e. The van der Waals surface area contributed by atoms with Gasteiger partial charge in [-0.2, -0.15) is 0 Å². The highest BCUT2D eigenvalue weighted by molar-refractivity contribution is 5.79. The third-order valence-electron chi connectivity index (χ3n) is 4.74. The first-order valence-electron chi connectivity index (χ1n) is 7.43. The molecule has 1 aliphatic heterocycles. The monoisotopic (exact) mass is 252 g/mol. The first kappa shape index (κ1) is 13.9. The highest BCUT2D eigenvalue weighted by Gasteiger charge is 2.36. The van der Waals surface area contributed by atoms with Crippen molar-refractivity contribution in [2.45, 2.75) is 58.9 Å². The van der Waals surface area contributed by atoms with Gasteiger partial charge in [0.15, 0.2) is 0 Å². The van der Waals surface area contributed by atoms with E-state index >= 15 is 0 Å². The van der Waals surface area contributed by atoms with Crippen LogP contribution in [0.25, 0.3) is 0 Å². The number of likely N-dealkylation sites (tertiary alicyclic amines) is 1. The minimum Gasteiger partial charge on any atom is -0.342 e. The molecule has 0 aromatic carbocycles. The molecule has 0 aromatic rings. The fourth-order valence-electron chi connectivity index (χ4n) is 3.65. The summed E-state index contributed by atoms with van der Waals surface area (Å²) in [6.45, 7) is 8.62. The Morgan fingerprint density at radius 3 is 2.67 bits per heavy atom. The van der Waals surface area contributed by atoms with E-state index in [1.54, 1.807) is 0 Å². The third kappa shape index (κ3) is 3.05. The van der Waals surface area contributed by atoms with Crippen molar-refractivity contribution in [3.8, 4) is 0 Å². The summed E-state index contributed by atoms with van der Waals surface area (Å²) in [7, 11) is 0. The topological polar surface area (TPSA) is 46.3 Å². The summed E-state index contributed by atoms with van der Waals surface area (Å²) in [6, 6.07) is 0.307.